The fourth-order valence-corrected chi connectivity index (χ4v) is 6.60. The van der Waals surface area contributed by atoms with E-state index in [2.05, 4.69) is 23.3 Å². The van der Waals surface area contributed by atoms with E-state index in [1.165, 1.54) is 0 Å². The molecule has 0 saturated carbocycles. The number of para-hydroxylation sites is 1. The monoisotopic (exact) mass is 580 g/mol. The molecule has 42 heavy (non-hydrogen) atoms. The quantitative estimate of drug-likeness (QED) is 0.244. The third-order valence-corrected chi connectivity index (χ3v) is 8.81. The number of benzene rings is 3. The van der Waals surface area contributed by atoms with E-state index in [9.17, 15) is 4.79 Å². The number of carbonyl (C=O) groups is 1. The summed E-state index contributed by atoms with van der Waals surface area (Å²) in [6, 6.07) is 22.1. The number of hydrogen-bond donors (Lipinski definition) is 0. The fourth-order valence-electron chi connectivity index (χ4n) is 5.64. The molecule has 1 saturated heterocycles. The van der Waals surface area contributed by atoms with E-state index < -0.39 is 0 Å². The standard InChI is InChI=1S/C33H32N4O4S/c1-21-14-22(2)37(35-21)18-23-6-5-7-24(15-23)33(38)36-11-13-40-31-26(19-36)16-25(17-29(31)41-27-10-12-39-20-27)32-34-28-8-3-4-9-30(28)42-32/h3-9,14-17,27H,10-13,18-20H2,1-2H3. The first-order chi connectivity index (χ1) is 20.5. The lowest BCUT2D eigenvalue weighted by atomic mass is 10.1. The van der Waals surface area contributed by atoms with Crippen LogP contribution in [0.2, 0.25) is 0 Å². The molecule has 7 rings (SSSR count). The van der Waals surface area contributed by atoms with Crippen molar-refractivity contribution in [2.75, 3.05) is 26.4 Å². The van der Waals surface area contributed by atoms with Crippen molar-refractivity contribution in [2.24, 2.45) is 0 Å². The molecule has 2 aliphatic rings. The Labute approximate surface area is 248 Å². The van der Waals surface area contributed by atoms with Gasteiger partial charge in [-0.2, -0.15) is 5.10 Å². The molecular formula is C33H32N4O4S. The number of amides is 1. The summed E-state index contributed by atoms with van der Waals surface area (Å²) in [6.45, 7) is 7.15. The Hall–Kier alpha value is -4.21. The van der Waals surface area contributed by atoms with Gasteiger partial charge in [-0.15, -0.1) is 11.3 Å². The number of hydrogen-bond acceptors (Lipinski definition) is 7. The molecule has 214 valence electrons. The maximum Gasteiger partial charge on any atom is 0.254 e. The summed E-state index contributed by atoms with van der Waals surface area (Å²) in [5.74, 6) is 1.34. The first-order valence-electron chi connectivity index (χ1n) is 14.3. The van der Waals surface area contributed by atoms with Crippen LogP contribution in [0.1, 0.15) is 39.3 Å². The Morgan fingerprint density at radius 3 is 2.79 bits per heavy atom. The summed E-state index contributed by atoms with van der Waals surface area (Å²) in [5.41, 5.74) is 6.59. The van der Waals surface area contributed by atoms with Gasteiger partial charge in [-0.1, -0.05) is 24.3 Å². The minimum absolute atomic E-state index is 0.0290. The summed E-state index contributed by atoms with van der Waals surface area (Å²) in [6.07, 6.45) is 0.799. The van der Waals surface area contributed by atoms with Crippen molar-refractivity contribution in [3.8, 4) is 22.1 Å². The molecule has 0 bridgehead atoms. The molecule has 8 nitrogen and oxygen atoms in total. The molecule has 0 aliphatic carbocycles. The van der Waals surface area contributed by atoms with Crippen LogP contribution in [-0.4, -0.2) is 58.0 Å². The normalized spacial score (nSPS) is 16.7. The van der Waals surface area contributed by atoms with Gasteiger partial charge in [-0.3, -0.25) is 9.48 Å². The van der Waals surface area contributed by atoms with Gasteiger partial charge in [0.05, 0.1) is 42.2 Å². The maximum atomic E-state index is 13.9. The van der Waals surface area contributed by atoms with Crippen LogP contribution in [0.15, 0.2) is 66.7 Å². The highest BCUT2D eigenvalue weighted by atomic mass is 32.1. The van der Waals surface area contributed by atoms with Gasteiger partial charge in [0.15, 0.2) is 11.5 Å². The SMILES string of the molecule is Cc1cc(C)n(Cc2cccc(C(=O)N3CCOc4c(cc(-c5nc6ccccc6s5)cc4OC4CCOC4)C3)c2)n1. The molecule has 9 heteroatoms. The molecule has 1 fully saturated rings. The topological polar surface area (TPSA) is 78.7 Å². The van der Waals surface area contributed by atoms with E-state index in [0.717, 1.165) is 49.7 Å². The lowest BCUT2D eigenvalue weighted by molar-refractivity contribution is 0.0732. The maximum absolute atomic E-state index is 13.9. The largest absolute Gasteiger partial charge is 0.487 e. The second-order valence-corrected chi connectivity index (χ2v) is 11.9. The van der Waals surface area contributed by atoms with Gasteiger partial charge in [0, 0.05) is 35.3 Å². The second kappa shape index (κ2) is 11.2. The third kappa shape index (κ3) is 5.37. The average molecular weight is 581 g/mol. The second-order valence-electron chi connectivity index (χ2n) is 10.9. The summed E-state index contributed by atoms with van der Waals surface area (Å²) in [4.78, 5) is 20.6. The first-order valence-corrected chi connectivity index (χ1v) is 15.1. The van der Waals surface area contributed by atoms with E-state index >= 15 is 0 Å². The minimum atomic E-state index is -0.0331. The fraction of sp³-hybridized carbons (Fsp3) is 0.303. The van der Waals surface area contributed by atoms with Crippen LogP contribution in [0.25, 0.3) is 20.8 Å². The van der Waals surface area contributed by atoms with Crippen LogP contribution < -0.4 is 9.47 Å². The van der Waals surface area contributed by atoms with E-state index in [4.69, 9.17) is 19.2 Å². The Morgan fingerprint density at radius 1 is 1.07 bits per heavy atom. The predicted octanol–water partition coefficient (Wildman–Crippen LogP) is 6.03. The Bertz CT molecular complexity index is 1740. The van der Waals surface area contributed by atoms with E-state index in [-0.39, 0.29) is 12.0 Å². The van der Waals surface area contributed by atoms with Crippen LogP contribution in [0.4, 0.5) is 0 Å². The van der Waals surface area contributed by atoms with E-state index in [1.54, 1.807) is 11.3 Å². The smallest absolute Gasteiger partial charge is 0.254 e. The molecule has 1 atom stereocenters. The number of fused-ring (bicyclic) bond motifs is 2. The summed E-state index contributed by atoms with van der Waals surface area (Å²) in [7, 11) is 0. The van der Waals surface area contributed by atoms with Gasteiger partial charge >= 0.3 is 0 Å². The molecule has 0 spiro atoms. The Balaban J connectivity index is 1.20. The third-order valence-electron chi connectivity index (χ3n) is 7.72. The summed E-state index contributed by atoms with van der Waals surface area (Å²) < 4.78 is 21.4. The molecule has 4 heterocycles. The molecule has 1 unspecified atom stereocenters. The highest BCUT2D eigenvalue weighted by Gasteiger charge is 2.27. The summed E-state index contributed by atoms with van der Waals surface area (Å²) >= 11 is 1.65. The predicted molar refractivity (Wildman–Crippen MR) is 162 cm³/mol. The zero-order chi connectivity index (χ0) is 28.6. The van der Waals surface area contributed by atoms with Gasteiger partial charge in [-0.05, 0) is 61.9 Å². The minimum Gasteiger partial charge on any atom is -0.487 e. The average Bonchev–Trinajstić information content (AvgIpc) is 3.69. The highest BCUT2D eigenvalue weighted by Crippen LogP contribution is 2.41. The van der Waals surface area contributed by atoms with Crippen LogP contribution in [0.3, 0.4) is 0 Å². The molecule has 2 aliphatic heterocycles. The van der Waals surface area contributed by atoms with E-state index in [0.29, 0.717) is 56.5 Å². The lowest BCUT2D eigenvalue weighted by Gasteiger charge is -2.21. The zero-order valence-corrected chi connectivity index (χ0v) is 24.5. The first kappa shape index (κ1) is 26.7. The Kier molecular flexibility index (Phi) is 7.13. The van der Waals surface area contributed by atoms with Gasteiger partial charge in [0.2, 0.25) is 0 Å². The molecule has 2 aromatic heterocycles. The molecule has 5 aromatic rings. The van der Waals surface area contributed by atoms with Crippen LogP contribution in [0.5, 0.6) is 11.5 Å². The molecule has 0 N–H and O–H groups in total. The van der Waals surface area contributed by atoms with Crippen LogP contribution in [0, 0.1) is 13.8 Å². The number of carbonyl (C=O) groups excluding carboxylic acids is 1. The van der Waals surface area contributed by atoms with Crippen molar-refractivity contribution < 1.29 is 19.0 Å². The summed E-state index contributed by atoms with van der Waals surface area (Å²) in [5, 5.41) is 5.49. The van der Waals surface area contributed by atoms with Gasteiger partial charge in [-0.25, -0.2) is 4.98 Å². The highest BCUT2D eigenvalue weighted by molar-refractivity contribution is 7.21. The van der Waals surface area contributed by atoms with Crippen molar-refractivity contribution in [3.05, 3.63) is 94.8 Å². The number of nitrogens with zero attached hydrogens (tertiary/aromatic N) is 4. The number of aryl methyl sites for hydroxylation is 2. The molecule has 1 amide bonds. The molecular weight excluding hydrogens is 548 g/mol. The molecule has 3 aromatic carbocycles. The lowest BCUT2D eigenvalue weighted by Crippen LogP contribution is -2.32. The van der Waals surface area contributed by atoms with Crippen LogP contribution in [-0.2, 0) is 17.8 Å². The zero-order valence-electron chi connectivity index (χ0n) is 23.7. The van der Waals surface area contributed by atoms with Crippen LogP contribution >= 0.6 is 11.3 Å². The van der Waals surface area contributed by atoms with Gasteiger partial charge in [0.25, 0.3) is 5.91 Å². The van der Waals surface area contributed by atoms with Crippen molar-refractivity contribution in [2.45, 2.75) is 39.5 Å². The van der Waals surface area contributed by atoms with Crippen molar-refractivity contribution in [1.82, 2.24) is 19.7 Å². The van der Waals surface area contributed by atoms with Gasteiger partial charge in [0.1, 0.15) is 17.7 Å². The van der Waals surface area contributed by atoms with Crippen molar-refractivity contribution in [3.63, 3.8) is 0 Å². The number of aromatic nitrogens is 3. The number of ether oxygens (including phenoxy) is 3. The van der Waals surface area contributed by atoms with Crippen molar-refractivity contribution in [1.29, 1.82) is 0 Å². The van der Waals surface area contributed by atoms with Crippen molar-refractivity contribution >= 4 is 27.5 Å². The Morgan fingerprint density at radius 2 is 1.98 bits per heavy atom. The van der Waals surface area contributed by atoms with Gasteiger partial charge < -0.3 is 19.1 Å². The molecule has 0 radical (unpaired) electrons. The number of thiazole rings is 1. The van der Waals surface area contributed by atoms with E-state index in [1.807, 2.05) is 72.0 Å². The number of rotatable bonds is 6.